The van der Waals surface area contributed by atoms with Gasteiger partial charge in [-0.3, -0.25) is 0 Å². The van der Waals surface area contributed by atoms with Gasteiger partial charge in [-0.15, -0.1) is 5.10 Å². The van der Waals surface area contributed by atoms with Crippen LogP contribution in [0.5, 0.6) is 5.75 Å². The van der Waals surface area contributed by atoms with Crippen LogP contribution in [-0.4, -0.2) is 36.5 Å². The predicted octanol–water partition coefficient (Wildman–Crippen LogP) is 1.07. The van der Waals surface area contributed by atoms with Crippen molar-refractivity contribution >= 4 is 11.7 Å². The molecule has 7 nitrogen and oxygen atoms in total. The van der Waals surface area contributed by atoms with E-state index in [-0.39, 0.29) is 6.61 Å². The average molecular weight is 276 g/mol. The van der Waals surface area contributed by atoms with Gasteiger partial charge in [0, 0.05) is 24.8 Å². The van der Waals surface area contributed by atoms with Crippen LogP contribution in [0.25, 0.3) is 0 Å². The van der Waals surface area contributed by atoms with Crippen molar-refractivity contribution in [1.29, 1.82) is 0 Å². The molecule has 1 fully saturated rings. The Bertz CT molecular complexity index is 566. The van der Waals surface area contributed by atoms with Crippen LogP contribution in [0.4, 0.5) is 11.7 Å². The highest BCUT2D eigenvalue weighted by Gasteiger charge is 2.17. The minimum Gasteiger partial charge on any atom is -0.484 e. The Hall–Kier alpha value is -2.28. The molecule has 106 valence electrons. The lowest BCUT2D eigenvalue weighted by molar-refractivity contribution is 0.120. The largest absolute Gasteiger partial charge is 0.484 e. The topological polar surface area (TPSA) is 86.6 Å². The van der Waals surface area contributed by atoms with E-state index in [1.54, 1.807) is 12.1 Å². The maximum atomic E-state index is 5.68. The summed E-state index contributed by atoms with van der Waals surface area (Å²) in [4.78, 5) is 2.00. The fraction of sp³-hybridized carbons (Fsp3) is 0.385. The van der Waals surface area contributed by atoms with Gasteiger partial charge in [0.1, 0.15) is 5.75 Å². The number of nitrogens with two attached hydrogens (primary N) is 1. The number of benzene rings is 1. The first kappa shape index (κ1) is 12.7. The van der Waals surface area contributed by atoms with Gasteiger partial charge in [0.25, 0.3) is 5.89 Å². The summed E-state index contributed by atoms with van der Waals surface area (Å²) < 4.78 is 16.4. The summed E-state index contributed by atoms with van der Waals surface area (Å²) in [6.45, 7) is 3.10. The van der Waals surface area contributed by atoms with Gasteiger partial charge in [-0.1, -0.05) is 11.2 Å². The quantitative estimate of drug-likeness (QED) is 0.836. The number of morpholine rings is 1. The molecule has 1 aromatic heterocycles. The fourth-order valence-electron chi connectivity index (χ4n) is 1.93. The Balaban J connectivity index is 1.59. The van der Waals surface area contributed by atoms with E-state index in [0.717, 1.165) is 13.1 Å². The number of aromatic nitrogens is 2. The maximum Gasteiger partial charge on any atom is 0.318 e. The third-order valence-electron chi connectivity index (χ3n) is 2.96. The number of nitrogen functional groups attached to an aromatic ring is 1. The van der Waals surface area contributed by atoms with Crippen molar-refractivity contribution in [2.45, 2.75) is 6.61 Å². The van der Waals surface area contributed by atoms with Crippen molar-refractivity contribution in [3.63, 3.8) is 0 Å². The van der Waals surface area contributed by atoms with E-state index in [1.807, 2.05) is 17.0 Å². The van der Waals surface area contributed by atoms with Crippen LogP contribution in [0.1, 0.15) is 5.89 Å². The van der Waals surface area contributed by atoms with Crippen molar-refractivity contribution in [1.82, 2.24) is 10.2 Å². The molecule has 0 amide bonds. The molecule has 20 heavy (non-hydrogen) atoms. The van der Waals surface area contributed by atoms with E-state index in [0.29, 0.717) is 36.6 Å². The summed E-state index contributed by atoms with van der Waals surface area (Å²) in [6.07, 6.45) is 0. The number of anilines is 2. The lowest BCUT2D eigenvalue weighted by Crippen LogP contribution is -2.36. The van der Waals surface area contributed by atoms with E-state index in [9.17, 15) is 0 Å². The van der Waals surface area contributed by atoms with Crippen LogP contribution in [0, 0.1) is 0 Å². The van der Waals surface area contributed by atoms with Gasteiger partial charge in [0.2, 0.25) is 0 Å². The summed E-state index contributed by atoms with van der Waals surface area (Å²) in [5, 5.41) is 7.99. The molecule has 1 aliphatic heterocycles. The van der Waals surface area contributed by atoms with Gasteiger partial charge in [-0.2, -0.15) is 0 Å². The SMILES string of the molecule is Nc1cccc(OCc2nnc(N3CCOCC3)o2)c1. The highest BCUT2D eigenvalue weighted by atomic mass is 16.5. The van der Waals surface area contributed by atoms with Gasteiger partial charge < -0.3 is 24.5 Å². The zero-order valence-electron chi connectivity index (χ0n) is 11.0. The number of rotatable bonds is 4. The lowest BCUT2D eigenvalue weighted by atomic mass is 10.3. The Morgan fingerprint density at radius 2 is 2.10 bits per heavy atom. The zero-order chi connectivity index (χ0) is 13.8. The highest BCUT2D eigenvalue weighted by molar-refractivity contribution is 5.43. The molecule has 0 saturated carbocycles. The van der Waals surface area contributed by atoms with Crippen LogP contribution in [0.3, 0.4) is 0 Å². The highest BCUT2D eigenvalue weighted by Crippen LogP contribution is 2.18. The fourth-order valence-corrected chi connectivity index (χ4v) is 1.93. The van der Waals surface area contributed by atoms with Gasteiger partial charge in [0.05, 0.1) is 13.2 Å². The van der Waals surface area contributed by atoms with Crippen LogP contribution >= 0.6 is 0 Å². The summed E-state index contributed by atoms with van der Waals surface area (Å²) in [7, 11) is 0. The van der Waals surface area contributed by atoms with Gasteiger partial charge in [-0.05, 0) is 12.1 Å². The maximum absolute atomic E-state index is 5.68. The Morgan fingerprint density at radius 3 is 2.90 bits per heavy atom. The minimum absolute atomic E-state index is 0.223. The third-order valence-corrected chi connectivity index (χ3v) is 2.96. The summed E-state index contributed by atoms with van der Waals surface area (Å²) in [5.74, 6) is 1.12. The molecule has 7 heteroatoms. The normalized spacial score (nSPS) is 15.3. The van der Waals surface area contributed by atoms with E-state index in [4.69, 9.17) is 19.6 Å². The molecular weight excluding hydrogens is 260 g/mol. The number of hydrogen-bond acceptors (Lipinski definition) is 7. The number of nitrogens with zero attached hydrogens (tertiary/aromatic N) is 3. The molecule has 0 radical (unpaired) electrons. The molecule has 1 saturated heterocycles. The zero-order valence-corrected chi connectivity index (χ0v) is 11.0. The van der Waals surface area contributed by atoms with Crippen molar-refractivity contribution in [2.24, 2.45) is 0 Å². The molecule has 0 unspecified atom stereocenters. The second kappa shape index (κ2) is 5.79. The van der Waals surface area contributed by atoms with Crippen LogP contribution in [0.15, 0.2) is 28.7 Å². The van der Waals surface area contributed by atoms with Crippen molar-refractivity contribution < 1.29 is 13.9 Å². The smallest absolute Gasteiger partial charge is 0.318 e. The molecule has 3 rings (SSSR count). The number of ether oxygens (including phenoxy) is 2. The first-order valence-electron chi connectivity index (χ1n) is 6.45. The van der Waals surface area contributed by atoms with Gasteiger partial charge in [0.15, 0.2) is 6.61 Å². The third kappa shape index (κ3) is 3.00. The summed E-state index contributed by atoms with van der Waals surface area (Å²) >= 11 is 0. The standard InChI is InChI=1S/C13H16N4O3/c14-10-2-1-3-11(8-10)19-9-12-15-16-13(20-12)17-4-6-18-7-5-17/h1-3,8H,4-7,9,14H2. The molecule has 1 aliphatic rings. The van der Waals surface area contributed by atoms with Crippen LogP contribution in [-0.2, 0) is 11.3 Å². The Labute approximate surface area is 116 Å². The van der Waals surface area contributed by atoms with Crippen molar-refractivity contribution in [2.75, 3.05) is 36.9 Å². The van der Waals surface area contributed by atoms with E-state index in [1.165, 1.54) is 0 Å². The molecule has 1 aromatic carbocycles. The van der Waals surface area contributed by atoms with Gasteiger partial charge >= 0.3 is 6.01 Å². The second-order valence-electron chi connectivity index (χ2n) is 4.44. The predicted molar refractivity (Wildman–Crippen MR) is 72.5 cm³/mol. The summed E-state index contributed by atoms with van der Waals surface area (Å²) in [5.41, 5.74) is 6.33. The average Bonchev–Trinajstić information content (AvgIpc) is 2.95. The molecule has 2 heterocycles. The molecule has 0 atom stereocenters. The molecule has 0 spiro atoms. The monoisotopic (exact) mass is 276 g/mol. The first-order valence-corrected chi connectivity index (χ1v) is 6.45. The van der Waals surface area contributed by atoms with E-state index >= 15 is 0 Å². The molecule has 0 aliphatic carbocycles. The summed E-state index contributed by atoms with van der Waals surface area (Å²) in [6, 6.07) is 7.72. The lowest BCUT2D eigenvalue weighted by Gasteiger charge is -2.24. The molecule has 2 aromatic rings. The Kier molecular flexibility index (Phi) is 3.69. The molecule has 0 bridgehead atoms. The minimum atomic E-state index is 0.223. The Morgan fingerprint density at radius 1 is 1.25 bits per heavy atom. The van der Waals surface area contributed by atoms with Gasteiger partial charge in [-0.25, -0.2) is 0 Å². The van der Waals surface area contributed by atoms with Crippen LogP contribution < -0.4 is 15.4 Å². The van der Waals surface area contributed by atoms with Crippen molar-refractivity contribution in [3.05, 3.63) is 30.2 Å². The molecule has 2 N–H and O–H groups in total. The number of hydrogen-bond donors (Lipinski definition) is 1. The van der Waals surface area contributed by atoms with Crippen LogP contribution in [0.2, 0.25) is 0 Å². The van der Waals surface area contributed by atoms with Crippen molar-refractivity contribution in [3.8, 4) is 5.75 Å². The second-order valence-corrected chi connectivity index (χ2v) is 4.44. The van der Waals surface area contributed by atoms with E-state index in [2.05, 4.69) is 10.2 Å². The first-order chi connectivity index (χ1) is 9.81. The van der Waals surface area contributed by atoms with E-state index < -0.39 is 0 Å². The molecular formula is C13H16N4O3.